The van der Waals surface area contributed by atoms with Crippen molar-refractivity contribution >= 4 is 11.6 Å². The fourth-order valence-electron chi connectivity index (χ4n) is 2.43. The number of hydrogen-bond donors (Lipinski definition) is 0. The van der Waals surface area contributed by atoms with Crippen molar-refractivity contribution in [2.24, 2.45) is 0 Å². The van der Waals surface area contributed by atoms with Crippen molar-refractivity contribution in [2.45, 2.75) is 57.9 Å². The molecule has 2 rings (SSSR count). The number of nitrogens with zero attached hydrogens (tertiary/aromatic N) is 3. The Morgan fingerprint density at radius 1 is 1.35 bits per heavy atom. The highest BCUT2D eigenvalue weighted by Gasteiger charge is 2.29. The van der Waals surface area contributed by atoms with Crippen LogP contribution in [0.5, 0.6) is 0 Å². The molecule has 1 aromatic rings. The Morgan fingerprint density at radius 2 is 1.94 bits per heavy atom. The van der Waals surface area contributed by atoms with Crippen LogP contribution in [0.1, 0.15) is 63.8 Å². The van der Waals surface area contributed by atoms with E-state index in [1.807, 2.05) is 4.68 Å². The van der Waals surface area contributed by atoms with Crippen LogP contribution >= 0.6 is 11.6 Å². The van der Waals surface area contributed by atoms with Gasteiger partial charge in [0.1, 0.15) is 16.8 Å². The molecule has 0 radical (unpaired) electrons. The highest BCUT2D eigenvalue weighted by molar-refractivity contribution is 6.30. The van der Waals surface area contributed by atoms with Crippen molar-refractivity contribution in [2.75, 3.05) is 0 Å². The quantitative estimate of drug-likeness (QED) is 0.761. The van der Waals surface area contributed by atoms with Gasteiger partial charge in [-0.2, -0.15) is 10.4 Å². The van der Waals surface area contributed by atoms with Gasteiger partial charge >= 0.3 is 0 Å². The molecule has 0 saturated heterocycles. The van der Waals surface area contributed by atoms with Gasteiger partial charge < -0.3 is 0 Å². The molecule has 4 heteroatoms. The number of aromatic nitrogens is 2. The van der Waals surface area contributed by atoms with E-state index in [0.717, 1.165) is 18.5 Å². The molecule has 1 aromatic heterocycles. The molecule has 1 aliphatic carbocycles. The van der Waals surface area contributed by atoms with Gasteiger partial charge in [0, 0.05) is 5.41 Å². The summed E-state index contributed by atoms with van der Waals surface area (Å²) >= 11 is 6.29. The fourth-order valence-corrected chi connectivity index (χ4v) is 2.74. The molecule has 0 aliphatic heterocycles. The zero-order chi connectivity index (χ0) is 12.6. The third-order valence-electron chi connectivity index (χ3n) is 3.34. The highest BCUT2D eigenvalue weighted by atomic mass is 35.5. The summed E-state index contributed by atoms with van der Waals surface area (Å²) in [5.74, 6) is 0. The first kappa shape index (κ1) is 12.4. The van der Waals surface area contributed by atoms with Crippen molar-refractivity contribution in [3.05, 3.63) is 16.4 Å². The third kappa shape index (κ3) is 2.19. The first-order valence-electron chi connectivity index (χ1n) is 6.13. The zero-order valence-electron chi connectivity index (χ0n) is 10.6. The van der Waals surface area contributed by atoms with Crippen molar-refractivity contribution in [1.82, 2.24) is 9.78 Å². The monoisotopic (exact) mass is 251 g/mol. The van der Waals surface area contributed by atoms with Gasteiger partial charge in [0.05, 0.1) is 11.7 Å². The average Bonchev–Trinajstić information content (AvgIpc) is 2.82. The molecule has 0 spiro atoms. The predicted molar refractivity (Wildman–Crippen MR) is 68.2 cm³/mol. The molecule has 92 valence electrons. The molecular weight excluding hydrogens is 234 g/mol. The molecule has 0 bridgehead atoms. The normalized spacial score (nSPS) is 17.4. The van der Waals surface area contributed by atoms with Crippen LogP contribution in [0, 0.1) is 11.3 Å². The van der Waals surface area contributed by atoms with Crippen molar-refractivity contribution < 1.29 is 0 Å². The smallest absolute Gasteiger partial charge is 0.145 e. The van der Waals surface area contributed by atoms with Crippen molar-refractivity contribution in [3.8, 4) is 6.07 Å². The molecule has 0 N–H and O–H groups in total. The lowest BCUT2D eigenvalue weighted by molar-refractivity contribution is 0.449. The van der Waals surface area contributed by atoms with E-state index in [0.29, 0.717) is 16.8 Å². The SMILES string of the molecule is CC(C)(C)c1nn(C2CCCC2)c(Cl)c1C#N. The first-order valence-corrected chi connectivity index (χ1v) is 6.51. The molecule has 3 nitrogen and oxygen atoms in total. The lowest BCUT2D eigenvalue weighted by Gasteiger charge is -2.15. The Bertz CT molecular complexity index is 456. The van der Waals surface area contributed by atoms with Gasteiger partial charge in [-0.3, -0.25) is 0 Å². The largest absolute Gasteiger partial charge is 0.249 e. The Balaban J connectivity index is 2.49. The Morgan fingerprint density at radius 3 is 2.35 bits per heavy atom. The second kappa shape index (κ2) is 4.34. The van der Waals surface area contributed by atoms with E-state index in [1.54, 1.807) is 0 Å². The molecule has 1 fully saturated rings. The molecule has 0 aromatic carbocycles. The Hall–Kier alpha value is -1.01. The van der Waals surface area contributed by atoms with E-state index < -0.39 is 0 Å². The molecule has 1 heterocycles. The summed E-state index contributed by atoms with van der Waals surface area (Å²) in [4.78, 5) is 0. The van der Waals surface area contributed by atoms with Crippen LogP contribution in [0.25, 0.3) is 0 Å². The Labute approximate surface area is 107 Å². The number of halogens is 1. The van der Waals surface area contributed by atoms with E-state index in [9.17, 15) is 5.26 Å². The standard InChI is InChI=1S/C13H18ClN3/c1-13(2,3)11-10(8-15)12(14)17(16-11)9-6-4-5-7-9/h9H,4-7H2,1-3H3. The van der Waals surface area contributed by atoms with Crippen molar-refractivity contribution in [3.63, 3.8) is 0 Å². The minimum Gasteiger partial charge on any atom is -0.249 e. The Kier molecular flexibility index (Phi) is 3.18. The summed E-state index contributed by atoms with van der Waals surface area (Å²) < 4.78 is 1.87. The van der Waals surface area contributed by atoms with E-state index in [4.69, 9.17) is 11.6 Å². The third-order valence-corrected chi connectivity index (χ3v) is 3.71. The second-order valence-corrected chi connectivity index (χ2v) is 6.12. The molecule has 17 heavy (non-hydrogen) atoms. The van der Waals surface area contributed by atoms with E-state index in [-0.39, 0.29) is 5.41 Å². The molecular formula is C13H18ClN3. The summed E-state index contributed by atoms with van der Waals surface area (Å²) in [7, 11) is 0. The van der Waals surface area contributed by atoms with Gasteiger partial charge in [0.25, 0.3) is 0 Å². The van der Waals surface area contributed by atoms with Crippen LogP contribution in [0.3, 0.4) is 0 Å². The number of rotatable bonds is 1. The zero-order valence-corrected chi connectivity index (χ0v) is 11.4. The summed E-state index contributed by atoms with van der Waals surface area (Å²) in [6.07, 6.45) is 4.70. The van der Waals surface area contributed by atoms with E-state index >= 15 is 0 Å². The maximum absolute atomic E-state index is 9.23. The van der Waals surface area contributed by atoms with Crippen LogP contribution < -0.4 is 0 Å². The van der Waals surface area contributed by atoms with Gasteiger partial charge in [-0.15, -0.1) is 0 Å². The van der Waals surface area contributed by atoms with E-state index in [2.05, 4.69) is 31.9 Å². The maximum atomic E-state index is 9.23. The molecule has 0 amide bonds. The molecule has 0 unspecified atom stereocenters. The predicted octanol–water partition coefficient (Wildman–Crippen LogP) is 3.82. The second-order valence-electron chi connectivity index (χ2n) is 5.76. The van der Waals surface area contributed by atoms with Crippen LogP contribution in [0.15, 0.2) is 0 Å². The summed E-state index contributed by atoms with van der Waals surface area (Å²) in [5.41, 5.74) is 1.22. The van der Waals surface area contributed by atoms with Crippen LogP contribution in [-0.4, -0.2) is 9.78 Å². The average molecular weight is 252 g/mol. The molecule has 0 atom stereocenters. The summed E-state index contributed by atoms with van der Waals surface area (Å²) in [5, 5.41) is 14.3. The first-order chi connectivity index (χ1) is 7.95. The maximum Gasteiger partial charge on any atom is 0.145 e. The van der Waals surface area contributed by atoms with Gasteiger partial charge in [0.15, 0.2) is 0 Å². The van der Waals surface area contributed by atoms with Gasteiger partial charge in [-0.05, 0) is 12.8 Å². The lowest BCUT2D eigenvalue weighted by atomic mass is 9.90. The van der Waals surface area contributed by atoms with Crippen LogP contribution in [0.4, 0.5) is 0 Å². The van der Waals surface area contributed by atoms with E-state index in [1.165, 1.54) is 12.8 Å². The number of hydrogen-bond acceptors (Lipinski definition) is 2. The fraction of sp³-hybridized carbons (Fsp3) is 0.692. The van der Waals surface area contributed by atoms with Gasteiger partial charge in [-0.1, -0.05) is 45.2 Å². The van der Waals surface area contributed by atoms with Gasteiger partial charge in [-0.25, -0.2) is 4.68 Å². The lowest BCUT2D eigenvalue weighted by Crippen LogP contribution is -2.15. The summed E-state index contributed by atoms with van der Waals surface area (Å²) in [6.45, 7) is 6.18. The topological polar surface area (TPSA) is 41.6 Å². The highest BCUT2D eigenvalue weighted by Crippen LogP contribution is 2.36. The van der Waals surface area contributed by atoms with Crippen molar-refractivity contribution in [1.29, 1.82) is 5.26 Å². The van der Waals surface area contributed by atoms with Crippen LogP contribution in [-0.2, 0) is 5.41 Å². The van der Waals surface area contributed by atoms with Gasteiger partial charge in [0.2, 0.25) is 0 Å². The number of nitriles is 1. The summed E-state index contributed by atoms with van der Waals surface area (Å²) in [6, 6.07) is 2.58. The molecule has 1 saturated carbocycles. The minimum absolute atomic E-state index is 0.140. The minimum atomic E-state index is -0.140. The molecule has 1 aliphatic rings. The van der Waals surface area contributed by atoms with Crippen LogP contribution in [0.2, 0.25) is 5.15 Å².